The molecule has 1 heterocycles. The molecule has 1 fully saturated rings. The Morgan fingerprint density at radius 2 is 2.50 bits per heavy atom. The fourth-order valence-corrected chi connectivity index (χ4v) is 1.32. The van der Waals surface area contributed by atoms with Gasteiger partial charge in [0.15, 0.2) is 0 Å². The zero-order valence-electron chi connectivity index (χ0n) is 6.55. The summed E-state index contributed by atoms with van der Waals surface area (Å²) in [5, 5.41) is 0. The highest BCUT2D eigenvalue weighted by Gasteiger charge is 2.19. The highest BCUT2D eigenvalue weighted by molar-refractivity contribution is 4.74. The van der Waals surface area contributed by atoms with Crippen molar-refractivity contribution in [3.8, 4) is 0 Å². The topological polar surface area (TPSA) is 38.5 Å². The standard InChI is InChI=1S/C7H16N2O/c1-2-9-3-4-10-6-7(9)5-8/h7H,2-6,8H2,1H3/t7-/m0/s1. The largest absolute Gasteiger partial charge is 0.378 e. The number of likely N-dealkylation sites (N-methyl/N-ethyl adjacent to an activating group) is 1. The van der Waals surface area contributed by atoms with Crippen molar-refractivity contribution < 1.29 is 4.74 Å². The molecule has 0 amide bonds. The minimum absolute atomic E-state index is 0.457. The van der Waals surface area contributed by atoms with Crippen LogP contribution in [-0.4, -0.2) is 43.8 Å². The summed E-state index contributed by atoms with van der Waals surface area (Å²) in [6, 6.07) is 0.457. The van der Waals surface area contributed by atoms with Gasteiger partial charge in [0.25, 0.3) is 0 Å². The second-order valence-corrected chi connectivity index (χ2v) is 2.59. The van der Waals surface area contributed by atoms with E-state index in [9.17, 15) is 0 Å². The lowest BCUT2D eigenvalue weighted by Crippen LogP contribution is -2.48. The van der Waals surface area contributed by atoms with Crippen LogP contribution in [0.4, 0.5) is 0 Å². The molecular weight excluding hydrogens is 128 g/mol. The Kier molecular flexibility index (Phi) is 3.12. The molecule has 0 bridgehead atoms. The van der Waals surface area contributed by atoms with E-state index in [1.54, 1.807) is 0 Å². The molecule has 0 aromatic heterocycles. The van der Waals surface area contributed by atoms with Crippen molar-refractivity contribution in [3.05, 3.63) is 0 Å². The van der Waals surface area contributed by atoms with Gasteiger partial charge in [0, 0.05) is 19.1 Å². The number of morpholine rings is 1. The number of hydrogen-bond donors (Lipinski definition) is 1. The fraction of sp³-hybridized carbons (Fsp3) is 1.00. The van der Waals surface area contributed by atoms with E-state index in [2.05, 4.69) is 11.8 Å². The summed E-state index contributed by atoms with van der Waals surface area (Å²) in [6.07, 6.45) is 0. The molecule has 0 aliphatic carbocycles. The first-order valence-electron chi connectivity index (χ1n) is 3.90. The maximum absolute atomic E-state index is 5.55. The van der Waals surface area contributed by atoms with Crippen LogP contribution in [0.5, 0.6) is 0 Å². The number of nitrogens with zero attached hydrogens (tertiary/aromatic N) is 1. The van der Waals surface area contributed by atoms with Crippen LogP contribution >= 0.6 is 0 Å². The molecule has 0 radical (unpaired) electrons. The molecule has 3 nitrogen and oxygen atoms in total. The van der Waals surface area contributed by atoms with E-state index < -0.39 is 0 Å². The lowest BCUT2D eigenvalue weighted by molar-refractivity contribution is -0.00112. The molecule has 0 saturated carbocycles. The molecule has 0 aromatic carbocycles. The van der Waals surface area contributed by atoms with Gasteiger partial charge in [-0.2, -0.15) is 0 Å². The summed E-state index contributed by atoms with van der Waals surface area (Å²) in [4.78, 5) is 2.36. The van der Waals surface area contributed by atoms with Gasteiger partial charge in [-0.25, -0.2) is 0 Å². The predicted octanol–water partition coefficient (Wildman–Crippen LogP) is -0.334. The first-order chi connectivity index (χ1) is 4.88. The maximum atomic E-state index is 5.55. The highest BCUT2D eigenvalue weighted by atomic mass is 16.5. The smallest absolute Gasteiger partial charge is 0.0634 e. The van der Waals surface area contributed by atoms with E-state index in [0.717, 1.165) is 26.3 Å². The maximum Gasteiger partial charge on any atom is 0.0634 e. The van der Waals surface area contributed by atoms with Crippen molar-refractivity contribution in [1.82, 2.24) is 4.90 Å². The predicted molar refractivity (Wildman–Crippen MR) is 40.9 cm³/mol. The second-order valence-electron chi connectivity index (χ2n) is 2.59. The molecule has 1 rings (SSSR count). The average Bonchev–Trinajstić information content (AvgIpc) is 2.04. The Bertz CT molecular complexity index is 85.6. The Hall–Kier alpha value is -0.120. The molecule has 0 unspecified atom stereocenters. The lowest BCUT2D eigenvalue weighted by Gasteiger charge is -2.33. The summed E-state index contributed by atoms with van der Waals surface area (Å²) < 4.78 is 5.28. The third kappa shape index (κ3) is 1.68. The Morgan fingerprint density at radius 1 is 1.70 bits per heavy atom. The summed E-state index contributed by atoms with van der Waals surface area (Å²) in [6.45, 7) is 6.68. The van der Waals surface area contributed by atoms with Gasteiger partial charge in [-0.3, -0.25) is 4.90 Å². The number of hydrogen-bond acceptors (Lipinski definition) is 3. The van der Waals surface area contributed by atoms with Gasteiger partial charge in [-0.05, 0) is 6.54 Å². The molecule has 1 saturated heterocycles. The lowest BCUT2D eigenvalue weighted by atomic mass is 10.2. The summed E-state index contributed by atoms with van der Waals surface area (Å²) in [5.74, 6) is 0. The Balaban J connectivity index is 2.34. The minimum Gasteiger partial charge on any atom is -0.378 e. The molecule has 2 N–H and O–H groups in total. The molecular formula is C7H16N2O. The normalized spacial score (nSPS) is 28.8. The second kappa shape index (κ2) is 3.91. The zero-order chi connectivity index (χ0) is 7.40. The number of nitrogens with two attached hydrogens (primary N) is 1. The molecule has 0 spiro atoms. The van der Waals surface area contributed by atoms with Gasteiger partial charge in [-0.1, -0.05) is 6.92 Å². The van der Waals surface area contributed by atoms with Crippen molar-refractivity contribution in [3.63, 3.8) is 0 Å². The van der Waals surface area contributed by atoms with Crippen LogP contribution in [-0.2, 0) is 4.74 Å². The monoisotopic (exact) mass is 144 g/mol. The van der Waals surface area contributed by atoms with Crippen molar-refractivity contribution in [2.24, 2.45) is 5.73 Å². The van der Waals surface area contributed by atoms with Crippen LogP contribution in [0.1, 0.15) is 6.92 Å². The quantitative estimate of drug-likeness (QED) is 0.576. The Labute approximate surface area is 62.1 Å². The minimum atomic E-state index is 0.457. The van der Waals surface area contributed by atoms with Gasteiger partial charge < -0.3 is 10.5 Å². The van der Waals surface area contributed by atoms with Gasteiger partial charge in [0.1, 0.15) is 0 Å². The van der Waals surface area contributed by atoms with Gasteiger partial charge in [-0.15, -0.1) is 0 Å². The van der Waals surface area contributed by atoms with E-state index in [-0.39, 0.29) is 0 Å². The molecule has 60 valence electrons. The first-order valence-corrected chi connectivity index (χ1v) is 3.90. The van der Waals surface area contributed by atoms with E-state index in [1.165, 1.54) is 0 Å². The molecule has 0 aromatic rings. The van der Waals surface area contributed by atoms with Crippen LogP contribution in [0.3, 0.4) is 0 Å². The van der Waals surface area contributed by atoms with Crippen molar-refractivity contribution >= 4 is 0 Å². The van der Waals surface area contributed by atoms with Gasteiger partial charge >= 0.3 is 0 Å². The third-order valence-electron chi connectivity index (χ3n) is 2.03. The van der Waals surface area contributed by atoms with E-state index in [4.69, 9.17) is 10.5 Å². The highest BCUT2D eigenvalue weighted by Crippen LogP contribution is 2.03. The van der Waals surface area contributed by atoms with E-state index in [1.807, 2.05) is 0 Å². The van der Waals surface area contributed by atoms with Crippen LogP contribution in [0.2, 0.25) is 0 Å². The fourth-order valence-electron chi connectivity index (χ4n) is 1.32. The van der Waals surface area contributed by atoms with Gasteiger partial charge in [0.05, 0.1) is 13.2 Å². The van der Waals surface area contributed by atoms with Gasteiger partial charge in [0.2, 0.25) is 0 Å². The van der Waals surface area contributed by atoms with Crippen molar-refractivity contribution in [2.75, 3.05) is 32.8 Å². The number of rotatable bonds is 2. The summed E-state index contributed by atoms with van der Waals surface area (Å²) in [5.41, 5.74) is 5.55. The summed E-state index contributed by atoms with van der Waals surface area (Å²) >= 11 is 0. The molecule has 10 heavy (non-hydrogen) atoms. The van der Waals surface area contributed by atoms with E-state index >= 15 is 0 Å². The Morgan fingerprint density at radius 3 is 3.00 bits per heavy atom. The van der Waals surface area contributed by atoms with Crippen molar-refractivity contribution in [2.45, 2.75) is 13.0 Å². The van der Waals surface area contributed by atoms with E-state index in [0.29, 0.717) is 12.6 Å². The summed E-state index contributed by atoms with van der Waals surface area (Å²) in [7, 11) is 0. The van der Waals surface area contributed by atoms with Crippen molar-refractivity contribution in [1.29, 1.82) is 0 Å². The van der Waals surface area contributed by atoms with Crippen LogP contribution in [0.15, 0.2) is 0 Å². The van der Waals surface area contributed by atoms with Crippen LogP contribution in [0, 0.1) is 0 Å². The third-order valence-corrected chi connectivity index (χ3v) is 2.03. The average molecular weight is 144 g/mol. The SMILES string of the molecule is CCN1CCOC[C@@H]1CN. The number of ether oxygens (including phenoxy) is 1. The molecule has 1 atom stereocenters. The van der Waals surface area contributed by atoms with Crippen LogP contribution in [0.25, 0.3) is 0 Å². The molecule has 3 heteroatoms. The zero-order valence-corrected chi connectivity index (χ0v) is 6.55. The first kappa shape index (κ1) is 7.98. The van der Waals surface area contributed by atoms with Crippen LogP contribution < -0.4 is 5.73 Å². The molecule has 1 aliphatic rings. The molecule has 1 aliphatic heterocycles.